The summed E-state index contributed by atoms with van der Waals surface area (Å²) in [6.45, 7) is 0. The molecule has 0 spiro atoms. The summed E-state index contributed by atoms with van der Waals surface area (Å²) in [5, 5.41) is 0. The van der Waals surface area contributed by atoms with E-state index in [1.807, 2.05) is 0 Å². The van der Waals surface area contributed by atoms with Crippen LogP contribution in [0.3, 0.4) is 0 Å². The van der Waals surface area contributed by atoms with E-state index in [1.54, 1.807) is 0 Å². The topological polar surface area (TPSA) is 179 Å². The van der Waals surface area contributed by atoms with E-state index < -0.39 is 31.7 Å². The van der Waals surface area contributed by atoms with Crippen LogP contribution in [-0.4, -0.2) is 37.4 Å². The summed E-state index contributed by atoms with van der Waals surface area (Å²) >= 11 is 0. The summed E-state index contributed by atoms with van der Waals surface area (Å²) < 4.78 is 56.2. The van der Waals surface area contributed by atoms with Crippen molar-refractivity contribution in [3.05, 3.63) is 0 Å². The molecule has 0 radical (unpaired) electrons. The van der Waals surface area contributed by atoms with E-state index in [9.17, 15) is 16.8 Å². The first-order valence-electron chi connectivity index (χ1n) is 2.61. The molecule has 0 saturated heterocycles. The van der Waals surface area contributed by atoms with Gasteiger partial charge in [-0.3, -0.25) is 9.11 Å². The second kappa shape index (κ2) is 6.23. The minimum Gasteiger partial charge on any atom is -0.344 e. The largest absolute Gasteiger partial charge is 0.344 e. The molecular weight excluding hydrogens is 224 g/mol. The highest BCUT2D eigenvalue weighted by Crippen LogP contribution is 1.92. The summed E-state index contributed by atoms with van der Waals surface area (Å²) in [6.07, 6.45) is -0.308. The van der Waals surface area contributed by atoms with Gasteiger partial charge in [0.25, 0.3) is 20.2 Å². The van der Waals surface area contributed by atoms with Gasteiger partial charge in [-0.05, 0) is 6.42 Å². The number of rotatable bonds is 4. The molecule has 84 valence electrons. The van der Waals surface area contributed by atoms with Gasteiger partial charge in [-0.2, -0.15) is 16.8 Å². The van der Waals surface area contributed by atoms with Crippen molar-refractivity contribution in [3.63, 3.8) is 0 Å². The second-order valence-corrected chi connectivity index (χ2v) is 5.07. The Morgan fingerprint density at radius 2 is 1.00 bits per heavy atom. The highest BCUT2D eigenvalue weighted by atomic mass is 32.2. The number of hydrogen-bond donors (Lipinski definition) is 4. The lowest BCUT2D eigenvalue weighted by atomic mass is 10.6. The van der Waals surface area contributed by atoms with Gasteiger partial charge in [-0.25, -0.2) is 0 Å². The maximum Gasteiger partial charge on any atom is 0.264 e. The van der Waals surface area contributed by atoms with Crippen LogP contribution in [0.4, 0.5) is 0 Å². The molecule has 13 heavy (non-hydrogen) atoms. The van der Waals surface area contributed by atoms with Gasteiger partial charge in [-0.15, -0.1) is 0 Å². The smallest absolute Gasteiger partial charge is 0.264 e. The molecule has 0 rings (SSSR count). The molecule has 10 heteroatoms. The highest BCUT2D eigenvalue weighted by Gasteiger charge is 2.08. The van der Waals surface area contributed by atoms with Crippen molar-refractivity contribution in [3.8, 4) is 0 Å². The molecule has 0 atom stereocenters. The first-order chi connectivity index (χ1) is 4.71. The lowest BCUT2D eigenvalue weighted by molar-refractivity contribution is 0.477. The van der Waals surface area contributed by atoms with Crippen LogP contribution in [0.25, 0.3) is 0 Å². The molecule has 0 aliphatic heterocycles. The predicted octanol–water partition coefficient (Wildman–Crippen LogP) is -0.524. The van der Waals surface area contributed by atoms with Gasteiger partial charge >= 0.3 is 0 Å². The molecular formula is C3H14N2O6S2. The quantitative estimate of drug-likeness (QED) is 0.472. The van der Waals surface area contributed by atoms with Gasteiger partial charge in [-0.1, -0.05) is 0 Å². The van der Waals surface area contributed by atoms with E-state index in [2.05, 4.69) is 0 Å². The highest BCUT2D eigenvalue weighted by molar-refractivity contribution is 7.86. The van der Waals surface area contributed by atoms with Gasteiger partial charge in [0.05, 0.1) is 11.5 Å². The minimum atomic E-state index is -4.12. The average molecular weight is 238 g/mol. The fourth-order valence-corrected chi connectivity index (χ4v) is 1.62. The molecule has 0 aromatic rings. The van der Waals surface area contributed by atoms with Gasteiger partial charge in [0, 0.05) is 0 Å². The standard InChI is InChI=1S/C3H8O6S2.2H3N/c4-10(5,6)2-1-3-11(7,8)9;;/h1-3H2,(H,4,5,6)(H,7,8,9);2*1H3. The lowest BCUT2D eigenvalue weighted by Gasteiger charge is -1.94. The Balaban J connectivity index is -0.000000500. The lowest BCUT2D eigenvalue weighted by Crippen LogP contribution is -2.10. The van der Waals surface area contributed by atoms with E-state index in [-0.39, 0.29) is 18.7 Å². The van der Waals surface area contributed by atoms with Crippen LogP contribution in [-0.2, 0) is 20.2 Å². The Kier molecular flexibility index (Phi) is 8.87. The molecule has 8 N–H and O–H groups in total. The zero-order valence-corrected chi connectivity index (χ0v) is 8.51. The summed E-state index contributed by atoms with van der Waals surface area (Å²) in [5.74, 6) is -1.32. The van der Waals surface area contributed by atoms with Crippen molar-refractivity contribution >= 4 is 20.2 Å². The third-order valence-electron chi connectivity index (χ3n) is 0.805. The zero-order valence-electron chi connectivity index (χ0n) is 6.88. The molecule has 0 aromatic carbocycles. The molecule has 0 fully saturated rings. The van der Waals surface area contributed by atoms with Crippen LogP contribution in [0.1, 0.15) is 6.42 Å². The van der Waals surface area contributed by atoms with Crippen molar-refractivity contribution in [2.75, 3.05) is 11.5 Å². The van der Waals surface area contributed by atoms with Crippen LogP contribution in [0.5, 0.6) is 0 Å². The van der Waals surface area contributed by atoms with Gasteiger partial charge in [0.1, 0.15) is 0 Å². The number of hydrogen-bond acceptors (Lipinski definition) is 6. The Morgan fingerprint density at radius 1 is 0.769 bits per heavy atom. The van der Waals surface area contributed by atoms with E-state index in [0.717, 1.165) is 0 Å². The van der Waals surface area contributed by atoms with Crippen LogP contribution in [0, 0.1) is 0 Å². The van der Waals surface area contributed by atoms with Crippen molar-refractivity contribution in [1.82, 2.24) is 12.3 Å². The first kappa shape index (κ1) is 18.5. The van der Waals surface area contributed by atoms with Gasteiger partial charge in [0.2, 0.25) is 0 Å². The average Bonchev–Trinajstić information content (AvgIpc) is 1.55. The molecule has 0 unspecified atom stereocenters. The Morgan fingerprint density at radius 3 is 1.15 bits per heavy atom. The molecule has 0 amide bonds. The summed E-state index contributed by atoms with van der Waals surface area (Å²) in [5.41, 5.74) is 0. The van der Waals surface area contributed by atoms with Crippen molar-refractivity contribution in [2.45, 2.75) is 6.42 Å². The molecule has 0 heterocycles. The zero-order chi connectivity index (χ0) is 9.12. The Bertz CT molecular complexity index is 273. The molecule has 0 bridgehead atoms. The van der Waals surface area contributed by atoms with Crippen LogP contribution < -0.4 is 12.3 Å². The summed E-state index contributed by atoms with van der Waals surface area (Å²) in [4.78, 5) is 0. The molecule has 0 aliphatic rings. The third-order valence-corrected chi connectivity index (χ3v) is 2.41. The van der Waals surface area contributed by atoms with E-state index >= 15 is 0 Å². The fraction of sp³-hybridized carbons (Fsp3) is 1.00. The van der Waals surface area contributed by atoms with Crippen LogP contribution >= 0.6 is 0 Å². The van der Waals surface area contributed by atoms with Gasteiger partial charge < -0.3 is 12.3 Å². The van der Waals surface area contributed by atoms with E-state index in [1.165, 1.54) is 0 Å². The SMILES string of the molecule is N.N.O=S(=O)(O)CCCS(=O)(=O)O. The van der Waals surface area contributed by atoms with Crippen molar-refractivity contribution < 1.29 is 25.9 Å². The molecule has 0 aromatic heterocycles. The van der Waals surface area contributed by atoms with Crippen molar-refractivity contribution in [2.24, 2.45) is 0 Å². The predicted molar refractivity (Wildman–Crippen MR) is 47.5 cm³/mol. The normalized spacial score (nSPS) is 11.2. The fourth-order valence-electron chi connectivity index (χ4n) is 0.424. The van der Waals surface area contributed by atoms with Crippen molar-refractivity contribution in [1.29, 1.82) is 0 Å². The van der Waals surface area contributed by atoms with Gasteiger partial charge in [0.15, 0.2) is 0 Å². The molecule has 0 saturated carbocycles. The summed E-state index contributed by atoms with van der Waals surface area (Å²) in [7, 11) is -8.24. The monoisotopic (exact) mass is 238 g/mol. The maximum atomic E-state index is 10.00. The first-order valence-corrected chi connectivity index (χ1v) is 5.83. The molecule has 8 nitrogen and oxygen atoms in total. The Hall–Kier alpha value is -0.260. The summed E-state index contributed by atoms with van der Waals surface area (Å²) in [6, 6.07) is 0. The van der Waals surface area contributed by atoms with E-state index in [0.29, 0.717) is 0 Å². The second-order valence-electron chi connectivity index (χ2n) is 1.93. The van der Waals surface area contributed by atoms with Crippen LogP contribution in [0.15, 0.2) is 0 Å². The van der Waals surface area contributed by atoms with E-state index in [4.69, 9.17) is 9.11 Å². The Labute approximate surface area is 77.0 Å². The maximum absolute atomic E-state index is 10.00. The third kappa shape index (κ3) is 18.6. The van der Waals surface area contributed by atoms with Crippen LogP contribution in [0.2, 0.25) is 0 Å². The molecule has 0 aliphatic carbocycles. The minimum absolute atomic E-state index is 0.